The molecular formula is C13H19NO6S. The van der Waals surface area contributed by atoms with E-state index in [1.54, 1.807) is 0 Å². The summed E-state index contributed by atoms with van der Waals surface area (Å²) in [6, 6.07) is 0. The summed E-state index contributed by atoms with van der Waals surface area (Å²) in [4.78, 5) is 23.1. The molecule has 2 bridgehead atoms. The highest BCUT2D eigenvalue weighted by molar-refractivity contribution is 7.74. The molecule has 0 radical (unpaired) electrons. The van der Waals surface area contributed by atoms with Crippen molar-refractivity contribution < 1.29 is 27.3 Å². The second kappa shape index (κ2) is 6.67. The molecule has 0 aromatic carbocycles. The second-order valence-corrected chi connectivity index (χ2v) is 6.16. The maximum Gasteiger partial charge on any atom is 0.325 e. The van der Waals surface area contributed by atoms with Gasteiger partial charge in [0.1, 0.15) is 18.8 Å². The fourth-order valence-electron chi connectivity index (χ4n) is 3.07. The van der Waals surface area contributed by atoms with Crippen LogP contribution in [0.1, 0.15) is 26.2 Å². The summed E-state index contributed by atoms with van der Waals surface area (Å²) in [6.45, 7) is 4.75. The van der Waals surface area contributed by atoms with E-state index in [2.05, 4.69) is 11.9 Å². The molecule has 118 valence electrons. The molecule has 0 aromatic heterocycles. The fraction of sp³-hybridized carbons (Fsp3) is 0.692. The molecular weight excluding hydrogens is 298 g/mol. The number of esters is 1. The maximum absolute atomic E-state index is 11.8. The molecule has 0 aliphatic heterocycles. The Kier molecular flexibility index (Phi) is 5.13. The topological polar surface area (TPSA) is 102 Å². The predicted octanol–water partition coefficient (Wildman–Crippen LogP) is 0.542. The first-order valence-corrected chi connectivity index (χ1v) is 7.83. The van der Waals surface area contributed by atoms with Crippen LogP contribution in [0.15, 0.2) is 12.2 Å². The number of amides is 1. The van der Waals surface area contributed by atoms with Crippen LogP contribution in [0.4, 0.5) is 0 Å². The van der Waals surface area contributed by atoms with Crippen molar-refractivity contribution in [1.29, 1.82) is 0 Å². The minimum Gasteiger partial charge on any atom is -0.458 e. The van der Waals surface area contributed by atoms with Crippen molar-refractivity contribution in [3.63, 3.8) is 0 Å². The molecule has 2 saturated carbocycles. The van der Waals surface area contributed by atoms with Gasteiger partial charge in [0.15, 0.2) is 0 Å². The van der Waals surface area contributed by atoms with E-state index in [4.69, 9.17) is 13.5 Å². The minimum absolute atomic E-state index is 0.147. The lowest BCUT2D eigenvalue weighted by atomic mass is 9.95. The van der Waals surface area contributed by atoms with Gasteiger partial charge in [-0.3, -0.25) is 18.3 Å². The molecule has 5 atom stereocenters. The number of hydrogen-bond donors (Lipinski definition) is 2. The summed E-state index contributed by atoms with van der Waals surface area (Å²) >= 11 is -2.38. The van der Waals surface area contributed by atoms with E-state index in [1.165, 1.54) is 6.92 Å². The average Bonchev–Trinajstić information content (AvgIpc) is 2.98. The highest BCUT2D eigenvalue weighted by Crippen LogP contribution is 2.47. The van der Waals surface area contributed by atoms with Gasteiger partial charge in [0, 0.05) is 5.57 Å². The van der Waals surface area contributed by atoms with Crippen LogP contribution >= 0.6 is 0 Å². The Balaban J connectivity index is 1.88. The highest BCUT2D eigenvalue weighted by atomic mass is 32.2. The van der Waals surface area contributed by atoms with Crippen molar-refractivity contribution in [3.05, 3.63) is 12.2 Å². The van der Waals surface area contributed by atoms with Crippen LogP contribution in [0.25, 0.3) is 0 Å². The molecule has 0 spiro atoms. The molecule has 2 fully saturated rings. The third-order valence-electron chi connectivity index (χ3n) is 4.01. The number of nitrogens with one attached hydrogen (secondary N) is 1. The quantitative estimate of drug-likeness (QED) is 0.421. The molecule has 2 rings (SSSR count). The Labute approximate surface area is 125 Å². The molecule has 2 aliphatic carbocycles. The van der Waals surface area contributed by atoms with Gasteiger partial charge in [-0.2, -0.15) is 4.21 Å². The van der Waals surface area contributed by atoms with Crippen molar-refractivity contribution >= 4 is 23.2 Å². The van der Waals surface area contributed by atoms with Gasteiger partial charge in [0.05, 0.1) is 0 Å². The zero-order valence-corrected chi connectivity index (χ0v) is 12.6. The monoisotopic (exact) mass is 317 g/mol. The van der Waals surface area contributed by atoms with Gasteiger partial charge in [0.25, 0.3) is 0 Å². The van der Waals surface area contributed by atoms with Crippen LogP contribution in [0.5, 0.6) is 0 Å². The molecule has 2 aliphatic rings. The Hall–Kier alpha value is -1.25. The fourth-order valence-corrected chi connectivity index (χ4v) is 3.53. The normalized spacial score (nSPS) is 31.7. The lowest BCUT2D eigenvalue weighted by molar-refractivity contribution is -0.156. The molecule has 1 amide bonds. The molecule has 7 nitrogen and oxygen atoms in total. The maximum atomic E-state index is 11.8. The van der Waals surface area contributed by atoms with E-state index in [1.807, 2.05) is 0 Å². The Bertz CT molecular complexity index is 479. The summed E-state index contributed by atoms with van der Waals surface area (Å²) in [6.07, 6.45) is 1.59. The lowest BCUT2D eigenvalue weighted by Gasteiger charge is -2.29. The van der Waals surface area contributed by atoms with Gasteiger partial charge in [-0.25, -0.2) is 0 Å². The largest absolute Gasteiger partial charge is 0.458 e. The van der Waals surface area contributed by atoms with Crippen molar-refractivity contribution in [2.75, 3.05) is 6.54 Å². The lowest BCUT2D eigenvalue weighted by Crippen LogP contribution is -2.41. The van der Waals surface area contributed by atoms with Gasteiger partial charge in [-0.05, 0) is 38.0 Å². The average molecular weight is 317 g/mol. The first-order chi connectivity index (χ1) is 9.88. The molecule has 8 heteroatoms. The van der Waals surface area contributed by atoms with E-state index in [0.29, 0.717) is 5.57 Å². The minimum atomic E-state index is -2.38. The van der Waals surface area contributed by atoms with Crippen LogP contribution in [-0.2, 0) is 29.9 Å². The van der Waals surface area contributed by atoms with E-state index < -0.39 is 35.4 Å². The number of ether oxygens (including phenoxy) is 1. The number of hydrogen-bond acceptors (Lipinski definition) is 5. The van der Waals surface area contributed by atoms with E-state index >= 15 is 0 Å². The first-order valence-electron chi connectivity index (χ1n) is 6.79. The van der Waals surface area contributed by atoms with Crippen molar-refractivity contribution in [1.82, 2.24) is 5.32 Å². The van der Waals surface area contributed by atoms with Gasteiger partial charge < -0.3 is 10.1 Å². The first kappa shape index (κ1) is 16.1. The summed E-state index contributed by atoms with van der Waals surface area (Å²) in [5, 5.41) is 2.39. The van der Waals surface area contributed by atoms with E-state index in [9.17, 15) is 13.8 Å². The number of rotatable bonds is 6. The molecule has 5 unspecified atom stereocenters. The Morgan fingerprint density at radius 1 is 1.33 bits per heavy atom. The predicted molar refractivity (Wildman–Crippen MR) is 74.2 cm³/mol. The zero-order chi connectivity index (χ0) is 15.6. The molecule has 0 heterocycles. The van der Waals surface area contributed by atoms with Crippen LogP contribution in [-0.4, -0.2) is 39.4 Å². The third kappa shape index (κ3) is 3.90. The number of fused-ring (bicyclic) bond motifs is 2. The van der Waals surface area contributed by atoms with Gasteiger partial charge in [0.2, 0.25) is 5.91 Å². The molecule has 2 N–H and O–H groups in total. The third-order valence-corrected chi connectivity index (χ3v) is 4.40. The summed E-state index contributed by atoms with van der Waals surface area (Å²) in [7, 11) is 0. The van der Waals surface area contributed by atoms with Crippen molar-refractivity contribution in [2.45, 2.75) is 38.4 Å². The van der Waals surface area contributed by atoms with Gasteiger partial charge in [-0.15, -0.1) is 0 Å². The van der Waals surface area contributed by atoms with Crippen LogP contribution in [0.3, 0.4) is 0 Å². The van der Waals surface area contributed by atoms with Gasteiger partial charge >= 0.3 is 17.3 Å². The van der Waals surface area contributed by atoms with Gasteiger partial charge in [-0.1, -0.05) is 6.58 Å². The highest BCUT2D eigenvalue weighted by Gasteiger charge is 2.51. The van der Waals surface area contributed by atoms with Crippen LogP contribution in [0.2, 0.25) is 0 Å². The number of carbonyl (C=O) groups excluding carboxylic acids is 2. The Morgan fingerprint density at radius 3 is 2.52 bits per heavy atom. The summed E-state index contributed by atoms with van der Waals surface area (Å²) in [5.41, 5.74) is 0.305. The molecule has 21 heavy (non-hydrogen) atoms. The Morgan fingerprint density at radius 2 is 1.95 bits per heavy atom. The van der Waals surface area contributed by atoms with Crippen molar-refractivity contribution in [3.8, 4) is 0 Å². The van der Waals surface area contributed by atoms with E-state index in [0.717, 1.165) is 19.3 Å². The van der Waals surface area contributed by atoms with Crippen molar-refractivity contribution in [2.24, 2.45) is 11.8 Å². The standard InChI is InChI=1S/C13H19NO6S/c1-7(2)13(16)14-6-10(15)19-11-8-3-4-9(5-8)12(11)20-21(17)18/h8-9,11-12H,1,3-6H2,2H3,(H,14,16)(H,17,18). The SMILES string of the molecule is C=C(C)C(=O)NCC(=O)OC1C2CCC(C2)C1OS(=O)O. The van der Waals surface area contributed by atoms with E-state index in [-0.39, 0.29) is 18.4 Å². The van der Waals surface area contributed by atoms with Crippen LogP contribution in [0, 0.1) is 11.8 Å². The second-order valence-electron chi connectivity index (χ2n) is 5.53. The number of carbonyl (C=O) groups is 2. The molecule has 0 saturated heterocycles. The smallest absolute Gasteiger partial charge is 0.325 e. The zero-order valence-electron chi connectivity index (χ0n) is 11.7. The summed E-state index contributed by atoms with van der Waals surface area (Å²) < 4.78 is 30.0. The summed E-state index contributed by atoms with van der Waals surface area (Å²) in [5.74, 6) is -0.693. The molecule has 0 aromatic rings. The van der Waals surface area contributed by atoms with Crippen LogP contribution < -0.4 is 5.32 Å².